The number of aromatic nitrogens is 3. The SMILES string of the molecule is Fc1cccc2ncnc(NCc3cccc4[nH]ccc34)c12. The molecule has 4 aromatic rings. The molecule has 4 rings (SSSR count). The lowest BCUT2D eigenvalue weighted by molar-refractivity contribution is 0.639. The molecule has 0 aliphatic heterocycles. The number of fused-ring (bicyclic) bond motifs is 2. The summed E-state index contributed by atoms with van der Waals surface area (Å²) in [6.45, 7) is 0.565. The van der Waals surface area contributed by atoms with Crippen molar-refractivity contribution in [1.29, 1.82) is 0 Å². The first-order valence-electron chi connectivity index (χ1n) is 7.01. The lowest BCUT2D eigenvalue weighted by Gasteiger charge is -2.09. The highest BCUT2D eigenvalue weighted by atomic mass is 19.1. The van der Waals surface area contributed by atoms with Crippen molar-refractivity contribution >= 4 is 27.6 Å². The Balaban J connectivity index is 1.71. The molecule has 0 saturated carbocycles. The van der Waals surface area contributed by atoms with Crippen LogP contribution in [0.25, 0.3) is 21.8 Å². The van der Waals surface area contributed by atoms with Crippen molar-refractivity contribution in [3.05, 3.63) is 66.4 Å². The van der Waals surface area contributed by atoms with Crippen molar-refractivity contribution in [2.75, 3.05) is 5.32 Å². The maximum Gasteiger partial charge on any atom is 0.140 e. The summed E-state index contributed by atoms with van der Waals surface area (Å²) in [4.78, 5) is 11.5. The van der Waals surface area contributed by atoms with Crippen LogP contribution in [-0.4, -0.2) is 15.0 Å². The van der Waals surface area contributed by atoms with E-state index in [0.29, 0.717) is 23.3 Å². The molecule has 4 nitrogen and oxygen atoms in total. The van der Waals surface area contributed by atoms with E-state index in [0.717, 1.165) is 16.5 Å². The average molecular weight is 292 g/mol. The van der Waals surface area contributed by atoms with Gasteiger partial charge in [-0.1, -0.05) is 18.2 Å². The summed E-state index contributed by atoms with van der Waals surface area (Å²) in [5.41, 5.74) is 2.80. The molecule has 2 heterocycles. The smallest absolute Gasteiger partial charge is 0.140 e. The quantitative estimate of drug-likeness (QED) is 0.603. The first kappa shape index (κ1) is 12.8. The Morgan fingerprint density at radius 3 is 2.91 bits per heavy atom. The van der Waals surface area contributed by atoms with E-state index in [2.05, 4.69) is 20.3 Å². The van der Waals surface area contributed by atoms with Gasteiger partial charge in [-0.15, -0.1) is 0 Å². The third-order valence-corrected chi connectivity index (χ3v) is 3.74. The molecule has 2 aromatic heterocycles. The minimum absolute atomic E-state index is 0.319. The molecule has 0 amide bonds. The topological polar surface area (TPSA) is 53.6 Å². The van der Waals surface area contributed by atoms with Gasteiger partial charge >= 0.3 is 0 Å². The molecule has 0 aliphatic carbocycles. The molecular weight excluding hydrogens is 279 g/mol. The summed E-state index contributed by atoms with van der Waals surface area (Å²) < 4.78 is 14.1. The van der Waals surface area contributed by atoms with Crippen LogP contribution in [0.1, 0.15) is 5.56 Å². The maximum atomic E-state index is 14.1. The summed E-state index contributed by atoms with van der Waals surface area (Å²) in [6, 6.07) is 12.9. The molecule has 0 atom stereocenters. The Morgan fingerprint density at radius 2 is 1.95 bits per heavy atom. The van der Waals surface area contributed by atoms with Gasteiger partial charge in [0.15, 0.2) is 0 Å². The fourth-order valence-corrected chi connectivity index (χ4v) is 2.69. The number of nitrogens with one attached hydrogen (secondary N) is 2. The third-order valence-electron chi connectivity index (χ3n) is 3.74. The van der Waals surface area contributed by atoms with Crippen molar-refractivity contribution in [2.45, 2.75) is 6.54 Å². The monoisotopic (exact) mass is 292 g/mol. The van der Waals surface area contributed by atoms with Crippen LogP contribution in [0, 0.1) is 5.82 Å². The average Bonchev–Trinajstić information content (AvgIpc) is 3.02. The molecule has 0 spiro atoms. The van der Waals surface area contributed by atoms with Crippen molar-refractivity contribution in [2.24, 2.45) is 0 Å². The van der Waals surface area contributed by atoms with E-state index in [4.69, 9.17) is 0 Å². The molecule has 22 heavy (non-hydrogen) atoms. The Bertz CT molecular complexity index is 956. The summed E-state index contributed by atoms with van der Waals surface area (Å²) in [5.74, 6) is 0.191. The number of halogens is 1. The number of rotatable bonds is 3. The molecule has 0 aliphatic rings. The molecule has 2 N–H and O–H groups in total. The van der Waals surface area contributed by atoms with Crippen molar-refractivity contribution in [3.63, 3.8) is 0 Å². The van der Waals surface area contributed by atoms with Gasteiger partial charge in [-0.25, -0.2) is 14.4 Å². The molecule has 0 bridgehead atoms. The Hall–Kier alpha value is -2.95. The molecule has 0 unspecified atom stereocenters. The number of hydrogen-bond acceptors (Lipinski definition) is 3. The Kier molecular flexibility index (Phi) is 2.96. The Morgan fingerprint density at radius 1 is 1.05 bits per heavy atom. The zero-order valence-electron chi connectivity index (χ0n) is 11.7. The maximum absolute atomic E-state index is 14.1. The standard InChI is InChI=1S/C17H13FN4/c18-13-4-2-6-15-16(13)17(22-10-21-15)20-9-11-3-1-5-14-12(11)7-8-19-14/h1-8,10,19H,9H2,(H,20,21,22). The molecule has 108 valence electrons. The van der Waals surface area contributed by atoms with Gasteiger partial charge in [0.05, 0.1) is 10.9 Å². The van der Waals surface area contributed by atoms with Crippen molar-refractivity contribution < 1.29 is 4.39 Å². The predicted octanol–water partition coefficient (Wildman–Crippen LogP) is 3.86. The predicted molar refractivity (Wildman–Crippen MR) is 85.1 cm³/mol. The number of nitrogens with zero attached hydrogens (tertiary/aromatic N) is 2. The van der Waals surface area contributed by atoms with Crippen LogP contribution in [0.2, 0.25) is 0 Å². The van der Waals surface area contributed by atoms with Crippen LogP contribution in [0.5, 0.6) is 0 Å². The van der Waals surface area contributed by atoms with Gasteiger partial charge in [-0.2, -0.15) is 0 Å². The van der Waals surface area contributed by atoms with Crippen LogP contribution in [0.3, 0.4) is 0 Å². The Labute approximate surface area is 126 Å². The summed E-state index contributed by atoms with van der Waals surface area (Å²) in [6.07, 6.45) is 3.36. The van der Waals surface area contributed by atoms with E-state index in [-0.39, 0.29) is 5.82 Å². The van der Waals surface area contributed by atoms with E-state index in [1.54, 1.807) is 12.1 Å². The molecule has 0 radical (unpaired) electrons. The second-order valence-electron chi connectivity index (χ2n) is 5.07. The minimum atomic E-state index is -0.319. The van der Waals surface area contributed by atoms with E-state index in [1.165, 1.54) is 12.4 Å². The van der Waals surface area contributed by atoms with Crippen LogP contribution in [-0.2, 0) is 6.54 Å². The normalized spacial score (nSPS) is 11.1. The molecule has 2 aromatic carbocycles. The third kappa shape index (κ3) is 2.07. The second-order valence-corrected chi connectivity index (χ2v) is 5.07. The molecule has 0 saturated heterocycles. The van der Waals surface area contributed by atoms with Crippen LogP contribution < -0.4 is 5.32 Å². The zero-order chi connectivity index (χ0) is 14.9. The van der Waals surface area contributed by atoms with Crippen molar-refractivity contribution in [3.8, 4) is 0 Å². The van der Waals surface area contributed by atoms with E-state index >= 15 is 0 Å². The summed E-state index contributed by atoms with van der Waals surface area (Å²) in [7, 11) is 0. The van der Waals surface area contributed by atoms with Gasteiger partial charge < -0.3 is 10.3 Å². The summed E-state index contributed by atoms with van der Waals surface area (Å²) >= 11 is 0. The zero-order valence-corrected chi connectivity index (χ0v) is 11.7. The van der Waals surface area contributed by atoms with E-state index in [9.17, 15) is 4.39 Å². The highest BCUT2D eigenvalue weighted by Crippen LogP contribution is 2.24. The van der Waals surface area contributed by atoms with Crippen LogP contribution in [0.15, 0.2) is 55.0 Å². The number of hydrogen-bond donors (Lipinski definition) is 2. The second kappa shape index (κ2) is 5.11. The van der Waals surface area contributed by atoms with Gasteiger partial charge in [0, 0.05) is 23.6 Å². The highest BCUT2D eigenvalue weighted by molar-refractivity contribution is 5.89. The fourth-order valence-electron chi connectivity index (χ4n) is 2.69. The van der Waals surface area contributed by atoms with Gasteiger partial charge in [-0.3, -0.25) is 0 Å². The number of H-pyrrole nitrogens is 1. The number of benzene rings is 2. The first-order valence-corrected chi connectivity index (χ1v) is 7.01. The lowest BCUT2D eigenvalue weighted by Crippen LogP contribution is -2.03. The van der Waals surface area contributed by atoms with Crippen LogP contribution >= 0.6 is 0 Å². The molecule has 5 heteroatoms. The van der Waals surface area contributed by atoms with Crippen LogP contribution in [0.4, 0.5) is 10.2 Å². The molecular formula is C17H13FN4. The first-order chi connectivity index (χ1) is 10.8. The van der Waals surface area contributed by atoms with Gasteiger partial charge in [0.2, 0.25) is 0 Å². The number of aromatic amines is 1. The largest absolute Gasteiger partial charge is 0.365 e. The van der Waals surface area contributed by atoms with Crippen molar-refractivity contribution in [1.82, 2.24) is 15.0 Å². The number of anilines is 1. The highest BCUT2D eigenvalue weighted by Gasteiger charge is 2.09. The van der Waals surface area contributed by atoms with Gasteiger partial charge in [0.1, 0.15) is 18.0 Å². The molecule has 0 fully saturated rings. The lowest BCUT2D eigenvalue weighted by atomic mass is 10.1. The fraction of sp³-hybridized carbons (Fsp3) is 0.0588. The van der Waals surface area contributed by atoms with Gasteiger partial charge in [0.25, 0.3) is 0 Å². The minimum Gasteiger partial charge on any atom is -0.365 e. The van der Waals surface area contributed by atoms with Gasteiger partial charge in [-0.05, 0) is 29.8 Å². The van der Waals surface area contributed by atoms with E-state index in [1.807, 2.05) is 30.5 Å². The summed E-state index contributed by atoms with van der Waals surface area (Å²) in [5, 5.41) is 4.79. The van der Waals surface area contributed by atoms with E-state index < -0.39 is 0 Å².